The van der Waals surface area contributed by atoms with E-state index in [1.54, 1.807) is 54.6 Å². The molecule has 0 aliphatic rings. The number of benzene rings is 3. The maximum atomic E-state index is 13.7. The number of amides is 1. The average molecular weight is 538 g/mol. The van der Waals surface area contributed by atoms with Crippen LogP contribution in [0.5, 0.6) is 0 Å². The molecule has 0 radical (unpaired) electrons. The summed E-state index contributed by atoms with van der Waals surface area (Å²) in [5.74, 6) is -2.39. The molecule has 1 amide bonds. The third-order valence-corrected chi connectivity index (χ3v) is 6.31. The van der Waals surface area contributed by atoms with Crippen LogP contribution in [0.4, 0.5) is 0 Å². The van der Waals surface area contributed by atoms with Crippen molar-refractivity contribution in [2.24, 2.45) is 0 Å². The summed E-state index contributed by atoms with van der Waals surface area (Å²) in [6.45, 7) is -0.198. The van der Waals surface area contributed by atoms with Crippen LogP contribution in [0, 0.1) is 0 Å². The fourth-order valence-electron chi connectivity index (χ4n) is 3.97. The van der Waals surface area contributed by atoms with Crippen molar-refractivity contribution in [3.63, 3.8) is 0 Å². The van der Waals surface area contributed by atoms with Crippen LogP contribution in [0.1, 0.15) is 32.0 Å². The van der Waals surface area contributed by atoms with Crippen LogP contribution in [0.15, 0.2) is 89.3 Å². The number of carbonyl (C=O) groups excluding carboxylic acids is 1. The maximum Gasteiger partial charge on any atom is 0.336 e. The summed E-state index contributed by atoms with van der Waals surface area (Å²) in [6, 6.07) is 21.6. The van der Waals surface area contributed by atoms with Gasteiger partial charge in [-0.1, -0.05) is 71.7 Å². The van der Waals surface area contributed by atoms with Gasteiger partial charge in [-0.15, -0.1) is 0 Å². The second-order valence-electron chi connectivity index (χ2n) is 8.22. The molecule has 188 valence electrons. The number of halogens is 2. The zero-order chi connectivity index (χ0) is 26.5. The molecule has 3 aromatic carbocycles. The van der Waals surface area contributed by atoms with Crippen LogP contribution in [0.25, 0.3) is 11.3 Å². The molecule has 0 saturated heterocycles. The smallest absolute Gasteiger partial charge is 0.336 e. The summed E-state index contributed by atoms with van der Waals surface area (Å²) in [5.41, 5.74) is 1.23. The summed E-state index contributed by atoms with van der Waals surface area (Å²) in [7, 11) is 0. The largest absolute Gasteiger partial charge is 0.480 e. The Morgan fingerprint density at radius 3 is 2.22 bits per heavy atom. The minimum atomic E-state index is -1.25. The minimum Gasteiger partial charge on any atom is -0.480 e. The molecule has 7 nitrogen and oxygen atoms in total. The van der Waals surface area contributed by atoms with E-state index in [9.17, 15) is 24.6 Å². The second-order valence-corrected chi connectivity index (χ2v) is 9.06. The highest BCUT2D eigenvalue weighted by molar-refractivity contribution is 6.36. The van der Waals surface area contributed by atoms with Crippen molar-refractivity contribution in [3.05, 3.63) is 117 Å². The first kappa shape index (κ1) is 26.0. The lowest BCUT2D eigenvalue weighted by molar-refractivity contribution is -0.142. The van der Waals surface area contributed by atoms with Gasteiger partial charge in [-0.2, -0.15) is 0 Å². The Kier molecular flexibility index (Phi) is 7.96. The third-order valence-electron chi connectivity index (χ3n) is 5.77. The Morgan fingerprint density at radius 1 is 0.838 bits per heavy atom. The number of rotatable bonds is 9. The van der Waals surface area contributed by atoms with Crippen molar-refractivity contribution in [3.8, 4) is 11.3 Å². The Morgan fingerprint density at radius 2 is 1.54 bits per heavy atom. The molecule has 4 rings (SSSR count). The van der Waals surface area contributed by atoms with Crippen molar-refractivity contribution in [1.29, 1.82) is 0 Å². The number of hydrogen-bond acceptors (Lipinski definition) is 4. The van der Waals surface area contributed by atoms with E-state index in [1.807, 2.05) is 6.07 Å². The van der Waals surface area contributed by atoms with Crippen LogP contribution in [-0.4, -0.2) is 39.0 Å². The molecule has 0 aliphatic carbocycles. The van der Waals surface area contributed by atoms with Gasteiger partial charge in [0, 0.05) is 17.0 Å². The number of nitrogens with zero attached hydrogens (tertiary/aromatic N) is 1. The second kappa shape index (κ2) is 11.3. The third kappa shape index (κ3) is 6.02. The Bertz CT molecular complexity index is 1450. The fraction of sp³-hybridized carbons (Fsp3) is 0.107. The molecule has 0 unspecified atom stereocenters. The highest BCUT2D eigenvalue weighted by atomic mass is 35.5. The van der Waals surface area contributed by atoms with Gasteiger partial charge in [0.1, 0.15) is 17.6 Å². The van der Waals surface area contributed by atoms with Crippen molar-refractivity contribution >= 4 is 41.0 Å². The number of aliphatic carboxylic acids is 1. The summed E-state index contributed by atoms with van der Waals surface area (Å²) >= 11 is 12.3. The Balaban J connectivity index is 1.73. The number of carbonyl (C=O) groups is 3. The molecule has 37 heavy (non-hydrogen) atoms. The van der Waals surface area contributed by atoms with E-state index >= 15 is 0 Å². The Hall–Kier alpha value is -4.07. The zero-order valence-corrected chi connectivity index (χ0v) is 20.8. The molecule has 0 spiro atoms. The highest BCUT2D eigenvalue weighted by Gasteiger charge is 2.32. The lowest BCUT2D eigenvalue weighted by atomic mass is 10.0. The van der Waals surface area contributed by atoms with Crippen molar-refractivity contribution in [1.82, 2.24) is 4.90 Å². The van der Waals surface area contributed by atoms with Gasteiger partial charge in [0.2, 0.25) is 0 Å². The molecule has 0 saturated carbocycles. The summed E-state index contributed by atoms with van der Waals surface area (Å²) in [4.78, 5) is 38.9. The molecular formula is C28H21Cl2NO6. The topological polar surface area (TPSA) is 108 Å². The molecule has 1 aromatic heterocycles. The van der Waals surface area contributed by atoms with Gasteiger partial charge in [-0.3, -0.25) is 4.79 Å². The normalized spacial score (nSPS) is 11.6. The van der Waals surface area contributed by atoms with Gasteiger partial charge in [0.15, 0.2) is 0 Å². The summed E-state index contributed by atoms with van der Waals surface area (Å²) < 4.78 is 5.90. The standard InChI is InChI=1S/C28H21Cl2NO6/c29-18-10-12-22(23(30)15-18)26(32)31(24(28(35)36)14-17-6-2-1-3-7-17)16-19-11-13-25(37-19)20-8-4-5-9-21(20)27(33)34/h1-13,15,24H,14,16H2,(H,33,34)(H,35,36)/t24-/m0/s1. The van der Waals surface area contributed by atoms with Gasteiger partial charge in [0.05, 0.1) is 22.7 Å². The van der Waals surface area contributed by atoms with Gasteiger partial charge < -0.3 is 19.5 Å². The fourth-order valence-corrected chi connectivity index (χ4v) is 4.46. The van der Waals surface area contributed by atoms with Crippen LogP contribution < -0.4 is 0 Å². The molecule has 2 N–H and O–H groups in total. The van der Waals surface area contributed by atoms with Gasteiger partial charge in [-0.05, 0) is 42.0 Å². The highest BCUT2D eigenvalue weighted by Crippen LogP contribution is 2.29. The van der Waals surface area contributed by atoms with Crippen LogP contribution >= 0.6 is 23.2 Å². The molecular weight excluding hydrogens is 517 g/mol. The average Bonchev–Trinajstić information content (AvgIpc) is 3.35. The van der Waals surface area contributed by atoms with Crippen LogP contribution in [-0.2, 0) is 17.8 Å². The molecule has 0 fully saturated rings. The maximum absolute atomic E-state index is 13.7. The first-order valence-electron chi connectivity index (χ1n) is 11.2. The predicted octanol–water partition coefficient (Wildman–Crippen LogP) is 6.29. The van der Waals surface area contributed by atoms with E-state index in [4.69, 9.17) is 27.6 Å². The summed E-state index contributed by atoms with van der Waals surface area (Å²) in [6.07, 6.45) is 0.0442. The SMILES string of the molecule is O=C(O)c1ccccc1-c1ccc(CN(C(=O)c2ccc(Cl)cc2Cl)[C@@H](Cc2ccccc2)C(=O)O)o1. The molecule has 9 heteroatoms. The molecule has 0 aliphatic heterocycles. The van der Waals surface area contributed by atoms with Crippen LogP contribution in [0.2, 0.25) is 10.0 Å². The van der Waals surface area contributed by atoms with E-state index in [1.165, 1.54) is 29.2 Å². The molecule has 0 bridgehead atoms. The van der Waals surface area contributed by atoms with Crippen LogP contribution in [0.3, 0.4) is 0 Å². The monoisotopic (exact) mass is 537 g/mol. The van der Waals surface area contributed by atoms with Gasteiger partial charge >= 0.3 is 11.9 Å². The number of hydrogen-bond donors (Lipinski definition) is 2. The molecule has 1 heterocycles. The molecule has 4 aromatic rings. The van der Waals surface area contributed by atoms with Crippen molar-refractivity contribution in [2.75, 3.05) is 0 Å². The van der Waals surface area contributed by atoms with E-state index in [0.29, 0.717) is 10.6 Å². The lowest BCUT2D eigenvalue weighted by Crippen LogP contribution is -2.46. The number of aromatic carboxylic acids is 1. The van der Waals surface area contributed by atoms with Gasteiger partial charge in [-0.25, -0.2) is 9.59 Å². The van der Waals surface area contributed by atoms with E-state index < -0.39 is 23.9 Å². The Labute approximate surface area is 222 Å². The number of furan rings is 1. The van der Waals surface area contributed by atoms with Gasteiger partial charge in [0.25, 0.3) is 5.91 Å². The quantitative estimate of drug-likeness (QED) is 0.259. The van der Waals surface area contributed by atoms with E-state index in [-0.39, 0.29) is 40.6 Å². The van der Waals surface area contributed by atoms with E-state index in [2.05, 4.69) is 0 Å². The van der Waals surface area contributed by atoms with Crippen molar-refractivity contribution in [2.45, 2.75) is 19.0 Å². The van der Waals surface area contributed by atoms with Crippen molar-refractivity contribution < 1.29 is 29.0 Å². The first-order valence-corrected chi connectivity index (χ1v) is 11.9. The zero-order valence-electron chi connectivity index (χ0n) is 19.3. The number of carboxylic acid groups (broad SMARTS) is 2. The minimum absolute atomic E-state index is 0.0442. The molecule has 1 atom stereocenters. The summed E-state index contributed by atoms with van der Waals surface area (Å²) in [5, 5.41) is 20.1. The van der Waals surface area contributed by atoms with E-state index in [0.717, 1.165) is 5.56 Å². The number of carboxylic acids is 2. The first-order chi connectivity index (χ1) is 17.7. The predicted molar refractivity (Wildman–Crippen MR) is 139 cm³/mol. The lowest BCUT2D eigenvalue weighted by Gasteiger charge is -2.29.